The summed E-state index contributed by atoms with van der Waals surface area (Å²) in [7, 11) is 0. The highest BCUT2D eigenvalue weighted by atomic mass is 15.1. The normalized spacial score (nSPS) is 11.0. The molecular formula is C18H15N3. The van der Waals surface area contributed by atoms with Gasteiger partial charge in [-0.2, -0.15) is 0 Å². The van der Waals surface area contributed by atoms with Crippen molar-refractivity contribution in [3.63, 3.8) is 0 Å². The van der Waals surface area contributed by atoms with Crippen molar-refractivity contribution in [3.8, 4) is 0 Å². The number of hydrogen-bond acceptors (Lipinski definition) is 2. The number of imidazole rings is 1. The van der Waals surface area contributed by atoms with Crippen molar-refractivity contribution in [2.75, 3.05) is 5.32 Å². The second-order valence-electron chi connectivity index (χ2n) is 5.06. The molecule has 3 heteroatoms. The minimum atomic E-state index is 0.790. The molecule has 21 heavy (non-hydrogen) atoms. The van der Waals surface area contributed by atoms with Crippen LogP contribution in [0.3, 0.4) is 0 Å². The van der Waals surface area contributed by atoms with E-state index in [4.69, 9.17) is 0 Å². The van der Waals surface area contributed by atoms with Crippen molar-refractivity contribution < 1.29 is 0 Å². The topological polar surface area (TPSA) is 29.3 Å². The molecule has 3 nitrogen and oxygen atoms in total. The van der Waals surface area contributed by atoms with Crippen LogP contribution in [0.4, 0.5) is 5.82 Å². The molecule has 0 fully saturated rings. The van der Waals surface area contributed by atoms with Gasteiger partial charge >= 0.3 is 0 Å². The van der Waals surface area contributed by atoms with Crippen LogP contribution in [0.15, 0.2) is 73.1 Å². The third kappa shape index (κ3) is 2.13. The Kier molecular flexibility index (Phi) is 2.82. The number of anilines is 1. The molecule has 0 saturated heterocycles. The van der Waals surface area contributed by atoms with Crippen LogP contribution in [0.25, 0.3) is 16.4 Å². The van der Waals surface area contributed by atoms with E-state index in [2.05, 4.69) is 63.2 Å². The number of pyridine rings is 1. The molecule has 2 aromatic carbocycles. The largest absolute Gasteiger partial charge is 0.367 e. The monoisotopic (exact) mass is 273 g/mol. The fourth-order valence-corrected chi connectivity index (χ4v) is 2.72. The molecule has 1 N–H and O–H groups in total. The number of nitrogens with one attached hydrogen (secondary N) is 1. The summed E-state index contributed by atoms with van der Waals surface area (Å²) in [5.41, 5.74) is 2.25. The van der Waals surface area contributed by atoms with Gasteiger partial charge in [0.15, 0.2) is 0 Å². The molecule has 0 bridgehead atoms. The Morgan fingerprint density at radius 3 is 2.76 bits per heavy atom. The second kappa shape index (κ2) is 4.94. The van der Waals surface area contributed by atoms with Crippen molar-refractivity contribution in [1.82, 2.24) is 9.38 Å². The summed E-state index contributed by atoms with van der Waals surface area (Å²) >= 11 is 0. The van der Waals surface area contributed by atoms with E-state index >= 15 is 0 Å². The van der Waals surface area contributed by atoms with E-state index in [1.807, 2.05) is 24.5 Å². The summed E-state index contributed by atoms with van der Waals surface area (Å²) in [6.45, 7) is 0.790. The van der Waals surface area contributed by atoms with Crippen molar-refractivity contribution in [3.05, 3.63) is 78.6 Å². The van der Waals surface area contributed by atoms with Crippen LogP contribution in [0.1, 0.15) is 5.56 Å². The molecule has 0 aliphatic carbocycles. The number of fused-ring (bicyclic) bond motifs is 2. The van der Waals surface area contributed by atoms with Crippen molar-refractivity contribution >= 4 is 22.2 Å². The molecule has 4 aromatic rings. The van der Waals surface area contributed by atoms with E-state index in [1.54, 1.807) is 0 Å². The maximum absolute atomic E-state index is 4.31. The standard InChI is InChI=1S/C18H15N3/c1-2-8-16-14(5-1)6-3-7-15(16)13-20-18-10-4-9-17-19-11-12-21(17)18/h1-12,20H,13H2. The third-order valence-electron chi connectivity index (χ3n) is 3.77. The minimum Gasteiger partial charge on any atom is -0.367 e. The van der Waals surface area contributed by atoms with Gasteiger partial charge in [-0.25, -0.2) is 4.98 Å². The van der Waals surface area contributed by atoms with Gasteiger partial charge in [-0.3, -0.25) is 4.40 Å². The van der Waals surface area contributed by atoms with Crippen LogP contribution in [0.5, 0.6) is 0 Å². The summed E-state index contributed by atoms with van der Waals surface area (Å²) < 4.78 is 2.06. The first-order chi connectivity index (χ1) is 10.4. The third-order valence-corrected chi connectivity index (χ3v) is 3.77. The molecule has 0 unspecified atom stereocenters. The molecule has 0 amide bonds. The zero-order chi connectivity index (χ0) is 14.1. The lowest BCUT2D eigenvalue weighted by molar-refractivity contribution is 1.08. The van der Waals surface area contributed by atoms with Crippen LogP contribution >= 0.6 is 0 Å². The molecule has 2 aromatic heterocycles. The fraction of sp³-hybridized carbons (Fsp3) is 0.0556. The first kappa shape index (κ1) is 12.0. The Labute approximate surface area is 122 Å². The van der Waals surface area contributed by atoms with Crippen molar-refractivity contribution in [1.29, 1.82) is 0 Å². The molecule has 0 aliphatic heterocycles. The minimum absolute atomic E-state index is 0.790. The molecule has 4 rings (SSSR count). The van der Waals surface area contributed by atoms with Gasteiger partial charge in [0.1, 0.15) is 11.5 Å². The lowest BCUT2D eigenvalue weighted by Crippen LogP contribution is -2.04. The number of benzene rings is 2. The van der Waals surface area contributed by atoms with E-state index < -0.39 is 0 Å². The molecule has 0 saturated carbocycles. The number of hydrogen-bond donors (Lipinski definition) is 1. The van der Waals surface area contributed by atoms with Crippen molar-refractivity contribution in [2.45, 2.75) is 6.54 Å². The molecule has 0 atom stereocenters. The first-order valence-corrected chi connectivity index (χ1v) is 7.04. The fourth-order valence-electron chi connectivity index (χ4n) is 2.72. The molecule has 0 radical (unpaired) electrons. The van der Waals surface area contributed by atoms with Crippen LogP contribution in [0, 0.1) is 0 Å². The summed E-state index contributed by atoms with van der Waals surface area (Å²) in [5.74, 6) is 1.05. The van der Waals surface area contributed by atoms with E-state index in [0.29, 0.717) is 0 Å². The average molecular weight is 273 g/mol. The van der Waals surface area contributed by atoms with E-state index in [1.165, 1.54) is 16.3 Å². The van der Waals surface area contributed by atoms with Gasteiger partial charge in [0.05, 0.1) is 0 Å². The second-order valence-corrected chi connectivity index (χ2v) is 5.06. The number of aromatic nitrogens is 2. The van der Waals surface area contributed by atoms with Gasteiger partial charge in [0.2, 0.25) is 0 Å². The highest BCUT2D eigenvalue weighted by molar-refractivity contribution is 5.85. The summed E-state index contributed by atoms with van der Waals surface area (Å²) in [6.07, 6.45) is 3.79. The average Bonchev–Trinajstić information content (AvgIpc) is 3.02. The zero-order valence-corrected chi connectivity index (χ0v) is 11.5. The Morgan fingerprint density at radius 1 is 0.905 bits per heavy atom. The van der Waals surface area contributed by atoms with Gasteiger partial charge in [0, 0.05) is 18.9 Å². The quantitative estimate of drug-likeness (QED) is 0.609. The lowest BCUT2D eigenvalue weighted by atomic mass is 10.0. The first-order valence-electron chi connectivity index (χ1n) is 7.04. The van der Waals surface area contributed by atoms with Crippen LogP contribution in [-0.4, -0.2) is 9.38 Å². The predicted octanol–water partition coefficient (Wildman–Crippen LogP) is 4.10. The Balaban J connectivity index is 1.68. The summed E-state index contributed by atoms with van der Waals surface area (Å²) in [4.78, 5) is 4.31. The van der Waals surface area contributed by atoms with Gasteiger partial charge < -0.3 is 5.32 Å². The van der Waals surface area contributed by atoms with Gasteiger partial charge in [-0.1, -0.05) is 48.5 Å². The smallest absolute Gasteiger partial charge is 0.138 e. The molecule has 2 heterocycles. The van der Waals surface area contributed by atoms with Crippen molar-refractivity contribution in [2.24, 2.45) is 0 Å². The van der Waals surface area contributed by atoms with Crippen LogP contribution in [-0.2, 0) is 6.54 Å². The number of rotatable bonds is 3. The summed E-state index contributed by atoms with van der Waals surface area (Å²) in [6, 6.07) is 21.0. The predicted molar refractivity (Wildman–Crippen MR) is 86.5 cm³/mol. The molecule has 102 valence electrons. The van der Waals surface area contributed by atoms with E-state index in [9.17, 15) is 0 Å². The maximum atomic E-state index is 4.31. The van der Waals surface area contributed by atoms with Crippen LogP contribution in [0.2, 0.25) is 0 Å². The molecule has 0 spiro atoms. The van der Waals surface area contributed by atoms with Gasteiger partial charge in [-0.05, 0) is 28.5 Å². The zero-order valence-electron chi connectivity index (χ0n) is 11.5. The summed E-state index contributed by atoms with van der Waals surface area (Å²) in [5, 5.41) is 6.08. The van der Waals surface area contributed by atoms with Gasteiger partial charge in [-0.15, -0.1) is 0 Å². The van der Waals surface area contributed by atoms with E-state index in [0.717, 1.165) is 18.0 Å². The van der Waals surface area contributed by atoms with E-state index in [-0.39, 0.29) is 0 Å². The highest BCUT2D eigenvalue weighted by Crippen LogP contribution is 2.20. The molecular weight excluding hydrogens is 258 g/mol. The SMILES string of the molecule is c1ccc2c(CNc3cccc4nccn34)cccc2c1. The van der Waals surface area contributed by atoms with Gasteiger partial charge in [0.25, 0.3) is 0 Å². The maximum Gasteiger partial charge on any atom is 0.138 e. The van der Waals surface area contributed by atoms with Crippen LogP contribution < -0.4 is 5.32 Å². The Morgan fingerprint density at radius 2 is 1.76 bits per heavy atom. The Hall–Kier alpha value is -2.81. The number of nitrogens with zero attached hydrogens (tertiary/aromatic N) is 2. The lowest BCUT2D eigenvalue weighted by Gasteiger charge is -2.11. The Bertz CT molecular complexity index is 903. The highest BCUT2D eigenvalue weighted by Gasteiger charge is 2.02. The molecule has 0 aliphatic rings.